The number of allylic oxidation sites excluding steroid dienone is 11. The molecular formula is C50H37N3S. The van der Waals surface area contributed by atoms with Gasteiger partial charge in [0.2, 0.25) is 0 Å². The fourth-order valence-corrected chi connectivity index (χ4v) is 10.8. The van der Waals surface area contributed by atoms with E-state index in [0.717, 1.165) is 47.4 Å². The first kappa shape index (κ1) is 31.7. The second-order valence-electron chi connectivity index (χ2n) is 15.0. The Morgan fingerprint density at radius 1 is 0.630 bits per heavy atom. The second kappa shape index (κ2) is 12.6. The molecule has 0 saturated carbocycles. The molecule has 11 rings (SSSR count). The molecule has 4 aliphatic carbocycles. The molecule has 54 heavy (non-hydrogen) atoms. The normalized spacial score (nSPS) is 20.9. The van der Waals surface area contributed by atoms with Crippen LogP contribution in [0.1, 0.15) is 48.7 Å². The molecule has 3 unspecified atom stereocenters. The first-order valence-corrected chi connectivity index (χ1v) is 20.0. The minimum atomic E-state index is 0.250. The van der Waals surface area contributed by atoms with E-state index in [1.54, 1.807) is 0 Å². The molecule has 6 aromatic rings. The van der Waals surface area contributed by atoms with Crippen LogP contribution in [0, 0.1) is 11.8 Å². The van der Waals surface area contributed by atoms with E-state index in [-0.39, 0.29) is 5.92 Å². The van der Waals surface area contributed by atoms with Crippen LogP contribution in [-0.4, -0.2) is 20.2 Å². The Morgan fingerprint density at radius 2 is 1.31 bits per heavy atom. The van der Waals surface area contributed by atoms with Gasteiger partial charge in [0.25, 0.3) is 0 Å². The first-order chi connectivity index (χ1) is 26.7. The van der Waals surface area contributed by atoms with Gasteiger partial charge in [0.1, 0.15) is 0 Å². The van der Waals surface area contributed by atoms with E-state index in [9.17, 15) is 0 Å². The van der Waals surface area contributed by atoms with Crippen LogP contribution in [0.4, 0.5) is 0 Å². The van der Waals surface area contributed by atoms with Crippen LogP contribution in [0.15, 0.2) is 162 Å². The zero-order valence-electron chi connectivity index (χ0n) is 30.0. The highest BCUT2D eigenvalue weighted by Crippen LogP contribution is 2.60. The molecule has 0 spiro atoms. The molecule has 0 bridgehead atoms. The van der Waals surface area contributed by atoms with Gasteiger partial charge in [0.15, 0.2) is 17.5 Å². The van der Waals surface area contributed by atoms with E-state index >= 15 is 0 Å². The average Bonchev–Trinajstić information content (AvgIpc) is 3.78. The summed E-state index contributed by atoms with van der Waals surface area (Å²) in [7, 11) is 0. The van der Waals surface area contributed by atoms with Crippen LogP contribution in [0.25, 0.3) is 67.0 Å². The number of rotatable bonds is 5. The number of fused-ring (bicyclic) bond motifs is 5. The molecule has 258 valence electrons. The maximum atomic E-state index is 5.36. The molecule has 0 saturated heterocycles. The van der Waals surface area contributed by atoms with Crippen LogP contribution in [-0.2, 0) is 0 Å². The molecule has 0 fully saturated rings. The largest absolute Gasteiger partial charge is 0.208 e. The van der Waals surface area contributed by atoms with Crippen molar-refractivity contribution in [3.05, 3.63) is 185 Å². The van der Waals surface area contributed by atoms with Gasteiger partial charge in [-0.3, -0.25) is 0 Å². The molecule has 3 nitrogen and oxygen atoms in total. The van der Waals surface area contributed by atoms with Gasteiger partial charge in [-0.05, 0) is 103 Å². The number of nitrogens with zero attached hydrogens (tertiary/aromatic N) is 3. The van der Waals surface area contributed by atoms with Crippen LogP contribution in [0.3, 0.4) is 0 Å². The second-order valence-corrected chi connectivity index (χ2v) is 16.3. The molecule has 1 aliphatic heterocycles. The minimum absolute atomic E-state index is 0.250. The summed E-state index contributed by atoms with van der Waals surface area (Å²) in [6.45, 7) is 2.28. The van der Waals surface area contributed by atoms with Gasteiger partial charge in [-0.2, -0.15) is 0 Å². The van der Waals surface area contributed by atoms with Crippen LogP contribution < -0.4 is 0 Å². The van der Waals surface area contributed by atoms with Crippen molar-refractivity contribution < 1.29 is 0 Å². The van der Waals surface area contributed by atoms with E-state index in [0.29, 0.717) is 22.8 Å². The first-order valence-electron chi connectivity index (χ1n) is 19.1. The standard InChI is InChI=1S/C50H37N3S/c1-30-11-5-16-33(27-30)35-18-7-20-37(29-35)49-51-48(36-19-6-17-34(28-36)31-12-3-2-4-13-31)52-50(53-49)42-23-10-24-43-45(42)41-26-25-39-38-21-8-14-32-15-9-22-40(44(32)38)46(39)47(41)54-43/h2-9,12-23,25-30,41,47H,10-11,24H2,1H3. The fourth-order valence-electron chi connectivity index (χ4n) is 9.11. The molecule has 5 aliphatic rings. The van der Waals surface area contributed by atoms with Gasteiger partial charge in [0.05, 0.1) is 0 Å². The van der Waals surface area contributed by atoms with Crippen molar-refractivity contribution in [2.45, 2.75) is 31.4 Å². The summed E-state index contributed by atoms with van der Waals surface area (Å²) in [4.78, 5) is 17.4. The Bertz CT molecular complexity index is 2740. The van der Waals surface area contributed by atoms with E-state index < -0.39 is 0 Å². The fraction of sp³-hybridized carbons (Fsp3) is 0.140. The summed E-state index contributed by atoms with van der Waals surface area (Å²) >= 11 is 2.07. The summed E-state index contributed by atoms with van der Waals surface area (Å²) < 4.78 is 0. The summed E-state index contributed by atoms with van der Waals surface area (Å²) in [6.07, 6.45) is 17.3. The van der Waals surface area contributed by atoms with Gasteiger partial charge in [-0.1, -0.05) is 147 Å². The molecule has 5 aromatic carbocycles. The van der Waals surface area contributed by atoms with Crippen molar-refractivity contribution in [3.8, 4) is 33.9 Å². The summed E-state index contributed by atoms with van der Waals surface area (Å²) in [6, 6.07) is 41.4. The van der Waals surface area contributed by atoms with E-state index in [1.807, 2.05) is 0 Å². The Labute approximate surface area is 320 Å². The van der Waals surface area contributed by atoms with E-state index in [2.05, 4.69) is 170 Å². The summed E-state index contributed by atoms with van der Waals surface area (Å²) in [5, 5.41) is 3.05. The topological polar surface area (TPSA) is 38.7 Å². The van der Waals surface area contributed by atoms with Gasteiger partial charge < -0.3 is 0 Å². The minimum Gasteiger partial charge on any atom is -0.208 e. The molecule has 3 atom stereocenters. The maximum Gasteiger partial charge on any atom is 0.164 e. The SMILES string of the molecule is CC1C=C(c2cccc(-c3nc(C4=CCCC5=C4C4C=CC6=C(c7cccc8cccc6c78)C4S5)nc(-c4cccc(-c5ccccc5)c4)n3)c2)C=CC1. The highest BCUT2D eigenvalue weighted by Gasteiger charge is 2.44. The van der Waals surface area contributed by atoms with Crippen molar-refractivity contribution in [1.29, 1.82) is 0 Å². The molecule has 0 amide bonds. The van der Waals surface area contributed by atoms with Crippen molar-refractivity contribution >= 4 is 44.8 Å². The van der Waals surface area contributed by atoms with Crippen LogP contribution >= 0.6 is 11.8 Å². The Balaban J connectivity index is 1.03. The molecular weight excluding hydrogens is 675 g/mol. The third kappa shape index (κ3) is 5.15. The lowest BCUT2D eigenvalue weighted by Gasteiger charge is -2.26. The van der Waals surface area contributed by atoms with Gasteiger partial charge in [-0.15, -0.1) is 11.8 Å². The molecule has 0 radical (unpaired) electrons. The van der Waals surface area contributed by atoms with Crippen LogP contribution in [0.5, 0.6) is 0 Å². The molecule has 2 heterocycles. The third-order valence-corrected chi connectivity index (χ3v) is 13.1. The van der Waals surface area contributed by atoms with Crippen molar-refractivity contribution in [3.63, 3.8) is 0 Å². The lowest BCUT2D eigenvalue weighted by Crippen LogP contribution is -2.19. The number of hydrogen-bond acceptors (Lipinski definition) is 4. The number of aromatic nitrogens is 3. The van der Waals surface area contributed by atoms with Gasteiger partial charge >= 0.3 is 0 Å². The van der Waals surface area contributed by atoms with E-state index in [1.165, 1.54) is 60.2 Å². The molecule has 0 N–H and O–H groups in total. The smallest absolute Gasteiger partial charge is 0.164 e. The number of benzene rings is 5. The molecule has 4 heteroatoms. The zero-order valence-corrected chi connectivity index (χ0v) is 30.9. The highest BCUT2D eigenvalue weighted by molar-refractivity contribution is 8.04. The van der Waals surface area contributed by atoms with Crippen LogP contribution in [0.2, 0.25) is 0 Å². The monoisotopic (exact) mass is 711 g/mol. The number of thioether (sulfide) groups is 1. The Kier molecular flexibility index (Phi) is 7.41. The lowest BCUT2D eigenvalue weighted by atomic mass is 9.79. The summed E-state index contributed by atoms with van der Waals surface area (Å²) in [5.74, 6) is 2.92. The lowest BCUT2D eigenvalue weighted by molar-refractivity contribution is 0.740. The Morgan fingerprint density at radius 3 is 2.11 bits per heavy atom. The predicted octanol–water partition coefficient (Wildman–Crippen LogP) is 12.7. The van der Waals surface area contributed by atoms with Crippen molar-refractivity contribution in [2.24, 2.45) is 11.8 Å². The maximum absolute atomic E-state index is 5.36. The van der Waals surface area contributed by atoms with Crippen molar-refractivity contribution in [2.75, 3.05) is 0 Å². The summed E-state index contributed by atoms with van der Waals surface area (Å²) in [5.41, 5.74) is 14.9. The predicted molar refractivity (Wildman–Crippen MR) is 226 cm³/mol. The number of hydrogen-bond donors (Lipinski definition) is 0. The molecule has 1 aromatic heterocycles. The zero-order chi connectivity index (χ0) is 35.8. The highest BCUT2D eigenvalue weighted by atomic mass is 32.2. The van der Waals surface area contributed by atoms with Crippen molar-refractivity contribution in [1.82, 2.24) is 15.0 Å². The third-order valence-electron chi connectivity index (χ3n) is 11.6. The Hall–Kier alpha value is -5.84. The average molecular weight is 712 g/mol. The quantitative estimate of drug-likeness (QED) is 0.178. The van der Waals surface area contributed by atoms with Gasteiger partial charge in [-0.25, -0.2) is 15.0 Å². The van der Waals surface area contributed by atoms with E-state index in [4.69, 9.17) is 15.0 Å². The van der Waals surface area contributed by atoms with Gasteiger partial charge in [0, 0.05) is 27.9 Å².